The van der Waals surface area contributed by atoms with Crippen molar-refractivity contribution in [2.24, 2.45) is 5.92 Å². The van der Waals surface area contributed by atoms with Crippen LogP contribution in [0.3, 0.4) is 0 Å². The summed E-state index contributed by atoms with van der Waals surface area (Å²) < 4.78 is 33.5. The van der Waals surface area contributed by atoms with E-state index in [9.17, 15) is 8.78 Å². The number of aromatic nitrogens is 4. The van der Waals surface area contributed by atoms with Gasteiger partial charge >= 0.3 is 0 Å². The number of hydrogen-bond acceptors (Lipinski definition) is 5. The second kappa shape index (κ2) is 5.91. The van der Waals surface area contributed by atoms with Crippen molar-refractivity contribution in [3.8, 4) is 11.4 Å². The van der Waals surface area contributed by atoms with Crippen molar-refractivity contribution < 1.29 is 13.5 Å². The van der Waals surface area contributed by atoms with Crippen molar-refractivity contribution >= 4 is 5.69 Å². The quantitative estimate of drug-likeness (QED) is 0.841. The lowest BCUT2D eigenvalue weighted by Gasteiger charge is -2.11. The van der Waals surface area contributed by atoms with Crippen LogP contribution in [0.15, 0.2) is 12.1 Å². The zero-order valence-corrected chi connectivity index (χ0v) is 11.2. The first-order valence-corrected chi connectivity index (χ1v) is 6.03. The van der Waals surface area contributed by atoms with Crippen LogP contribution in [0.4, 0.5) is 14.5 Å². The molecule has 0 bridgehead atoms. The van der Waals surface area contributed by atoms with Crippen molar-refractivity contribution in [3.63, 3.8) is 0 Å². The van der Waals surface area contributed by atoms with Crippen LogP contribution in [0, 0.1) is 17.6 Å². The maximum Gasteiger partial charge on any atom is 0.185 e. The zero-order valence-electron chi connectivity index (χ0n) is 11.2. The van der Waals surface area contributed by atoms with Crippen LogP contribution < -0.4 is 5.73 Å². The molecule has 0 radical (unpaired) electrons. The van der Waals surface area contributed by atoms with Gasteiger partial charge in [0, 0.05) is 19.7 Å². The van der Waals surface area contributed by atoms with E-state index in [1.807, 2.05) is 6.92 Å². The summed E-state index contributed by atoms with van der Waals surface area (Å²) in [6.07, 6.45) is 0. The van der Waals surface area contributed by atoms with E-state index in [0.29, 0.717) is 13.2 Å². The fourth-order valence-corrected chi connectivity index (χ4v) is 1.89. The first kappa shape index (κ1) is 14.3. The number of nitrogen functional groups attached to an aromatic ring is 1. The van der Waals surface area contributed by atoms with Crippen LogP contribution in [0.2, 0.25) is 0 Å². The van der Waals surface area contributed by atoms with Gasteiger partial charge in [-0.25, -0.2) is 13.5 Å². The van der Waals surface area contributed by atoms with Crippen molar-refractivity contribution in [1.82, 2.24) is 20.2 Å². The highest BCUT2D eigenvalue weighted by Crippen LogP contribution is 2.25. The predicted molar refractivity (Wildman–Crippen MR) is 68.6 cm³/mol. The molecule has 1 unspecified atom stereocenters. The number of benzene rings is 1. The number of halogens is 2. The topological polar surface area (TPSA) is 78.8 Å². The van der Waals surface area contributed by atoms with Crippen LogP contribution in [-0.2, 0) is 11.3 Å². The van der Waals surface area contributed by atoms with Crippen LogP contribution in [0.1, 0.15) is 6.92 Å². The number of nitrogens with two attached hydrogens (primary N) is 1. The lowest BCUT2D eigenvalue weighted by atomic mass is 10.1. The number of nitrogens with zero attached hydrogens (tertiary/aromatic N) is 4. The second-order valence-electron chi connectivity index (χ2n) is 4.60. The number of hydrogen-bond donors (Lipinski definition) is 1. The van der Waals surface area contributed by atoms with E-state index in [0.717, 1.165) is 6.07 Å². The van der Waals surface area contributed by atoms with E-state index in [-0.39, 0.29) is 23.0 Å². The van der Waals surface area contributed by atoms with E-state index < -0.39 is 11.6 Å². The number of methoxy groups -OCH3 is 1. The smallest absolute Gasteiger partial charge is 0.185 e. The van der Waals surface area contributed by atoms with Crippen LogP contribution in [0.25, 0.3) is 11.4 Å². The highest BCUT2D eigenvalue weighted by Gasteiger charge is 2.17. The molecule has 0 saturated carbocycles. The third kappa shape index (κ3) is 2.90. The first-order valence-electron chi connectivity index (χ1n) is 6.03. The van der Waals surface area contributed by atoms with Gasteiger partial charge < -0.3 is 10.5 Å². The summed E-state index contributed by atoms with van der Waals surface area (Å²) in [4.78, 5) is 0. The molecule has 20 heavy (non-hydrogen) atoms. The summed E-state index contributed by atoms with van der Waals surface area (Å²) >= 11 is 0. The summed E-state index contributed by atoms with van der Waals surface area (Å²) in [7, 11) is 1.59. The molecule has 8 heteroatoms. The van der Waals surface area contributed by atoms with Crippen molar-refractivity contribution in [2.75, 3.05) is 19.5 Å². The monoisotopic (exact) mass is 283 g/mol. The predicted octanol–water partition coefficient (Wildman–Crippen LogP) is 1.48. The van der Waals surface area contributed by atoms with Gasteiger partial charge in [0.2, 0.25) is 0 Å². The standard InChI is InChI=1S/C12H15F2N5O/c1-7(6-20-2)5-19-12(16-17-18-19)8-3-11(15)10(14)4-9(8)13/h3-4,7H,5-6,15H2,1-2H3. The Bertz CT molecular complexity index is 602. The van der Waals surface area contributed by atoms with Gasteiger partial charge in [0.25, 0.3) is 0 Å². The Morgan fingerprint density at radius 3 is 2.80 bits per heavy atom. The molecular formula is C12H15F2N5O. The Balaban J connectivity index is 2.35. The van der Waals surface area contributed by atoms with E-state index in [2.05, 4.69) is 15.5 Å². The molecule has 2 N–H and O–H groups in total. The maximum atomic E-state index is 13.8. The third-order valence-electron chi connectivity index (χ3n) is 2.79. The van der Waals surface area contributed by atoms with Gasteiger partial charge in [-0.1, -0.05) is 6.92 Å². The van der Waals surface area contributed by atoms with E-state index in [1.54, 1.807) is 7.11 Å². The average Bonchev–Trinajstić information content (AvgIpc) is 2.82. The van der Waals surface area contributed by atoms with Gasteiger partial charge in [0.15, 0.2) is 5.82 Å². The molecule has 0 spiro atoms. The van der Waals surface area contributed by atoms with Crippen molar-refractivity contribution in [2.45, 2.75) is 13.5 Å². The minimum absolute atomic E-state index is 0.0681. The summed E-state index contributed by atoms with van der Waals surface area (Å²) in [5.41, 5.74) is 5.37. The normalized spacial score (nSPS) is 12.6. The Hall–Kier alpha value is -2.09. The van der Waals surface area contributed by atoms with Crippen molar-refractivity contribution in [1.29, 1.82) is 0 Å². The molecule has 1 aromatic heterocycles. The molecular weight excluding hydrogens is 268 g/mol. The zero-order chi connectivity index (χ0) is 14.7. The molecule has 108 valence electrons. The summed E-state index contributed by atoms with van der Waals surface area (Å²) in [5, 5.41) is 11.1. The molecule has 0 saturated heterocycles. The maximum absolute atomic E-state index is 13.8. The van der Waals surface area contributed by atoms with Crippen LogP contribution >= 0.6 is 0 Å². The van der Waals surface area contributed by atoms with E-state index in [4.69, 9.17) is 10.5 Å². The molecule has 1 aromatic carbocycles. The van der Waals surface area contributed by atoms with Crippen molar-refractivity contribution in [3.05, 3.63) is 23.8 Å². The number of ether oxygens (including phenoxy) is 1. The molecule has 2 rings (SSSR count). The Morgan fingerprint density at radius 1 is 1.35 bits per heavy atom. The minimum atomic E-state index is -0.807. The number of rotatable bonds is 5. The molecule has 0 aliphatic carbocycles. The second-order valence-corrected chi connectivity index (χ2v) is 4.60. The first-order chi connectivity index (χ1) is 9.52. The highest BCUT2D eigenvalue weighted by molar-refractivity contribution is 5.62. The molecule has 6 nitrogen and oxygen atoms in total. The van der Waals surface area contributed by atoms with Gasteiger partial charge in [0.05, 0.1) is 17.9 Å². The van der Waals surface area contributed by atoms with Crippen LogP contribution in [0.5, 0.6) is 0 Å². The number of anilines is 1. The largest absolute Gasteiger partial charge is 0.396 e. The van der Waals surface area contributed by atoms with Gasteiger partial charge in [-0.15, -0.1) is 5.10 Å². The molecule has 1 heterocycles. The third-order valence-corrected chi connectivity index (χ3v) is 2.79. The highest BCUT2D eigenvalue weighted by atomic mass is 19.1. The fraction of sp³-hybridized carbons (Fsp3) is 0.417. The Labute approximate surface area is 114 Å². The van der Waals surface area contributed by atoms with Crippen LogP contribution in [-0.4, -0.2) is 33.9 Å². The SMILES string of the molecule is COCC(C)Cn1nnnc1-c1cc(N)c(F)cc1F. The Kier molecular flexibility index (Phi) is 4.23. The molecule has 1 atom stereocenters. The summed E-state index contributed by atoms with van der Waals surface area (Å²) in [5.74, 6) is -1.22. The molecule has 2 aromatic rings. The van der Waals surface area contributed by atoms with Gasteiger partial charge in [0.1, 0.15) is 11.6 Å². The number of tetrazole rings is 1. The van der Waals surface area contributed by atoms with E-state index >= 15 is 0 Å². The lowest BCUT2D eigenvalue weighted by Crippen LogP contribution is -2.15. The molecule has 0 amide bonds. The summed E-state index contributed by atoms with van der Waals surface area (Å²) in [6.45, 7) is 2.92. The average molecular weight is 283 g/mol. The Morgan fingerprint density at radius 2 is 2.10 bits per heavy atom. The van der Waals surface area contributed by atoms with Gasteiger partial charge in [-0.2, -0.15) is 0 Å². The lowest BCUT2D eigenvalue weighted by molar-refractivity contribution is 0.149. The van der Waals surface area contributed by atoms with Gasteiger partial charge in [-0.05, 0) is 22.4 Å². The minimum Gasteiger partial charge on any atom is -0.396 e. The molecule has 0 aliphatic rings. The fourth-order valence-electron chi connectivity index (χ4n) is 1.89. The van der Waals surface area contributed by atoms with E-state index in [1.165, 1.54) is 10.7 Å². The van der Waals surface area contributed by atoms with Gasteiger partial charge in [-0.3, -0.25) is 0 Å². The molecule has 0 aliphatic heterocycles. The molecule has 0 fully saturated rings. The summed E-state index contributed by atoms with van der Waals surface area (Å²) in [6, 6.07) is 1.91.